The smallest absolute Gasteiger partial charge is 0.406 e. The van der Waals surface area contributed by atoms with Crippen LogP contribution in [-0.2, 0) is 11.3 Å². The van der Waals surface area contributed by atoms with Crippen molar-refractivity contribution in [1.82, 2.24) is 15.1 Å². The number of alkyl halides is 3. The molecule has 1 N–H and O–H groups in total. The van der Waals surface area contributed by atoms with E-state index in [1.165, 1.54) is 42.9 Å². The first-order valence-corrected chi connectivity index (χ1v) is 10.8. The second-order valence-electron chi connectivity index (χ2n) is 6.59. The predicted octanol–water partition coefficient (Wildman–Crippen LogP) is 4.56. The van der Waals surface area contributed by atoms with Gasteiger partial charge in [-0.3, -0.25) is 4.79 Å². The van der Waals surface area contributed by atoms with E-state index in [1.54, 1.807) is 6.07 Å². The third-order valence-electron chi connectivity index (χ3n) is 4.31. The molecule has 154 valence electrons. The van der Waals surface area contributed by atoms with Gasteiger partial charge in [0.1, 0.15) is 12.3 Å². The fraction of sp³-hybridized carbons (Fsp3) is 0.588. The molecule has 1 aliphatic carbocycles. The van der Waals surface area contributed by atoms with Gasteiger partial charge in [-0.25, -0.2) is 0 Å². The minimum absolute atomic E-state index is 0.144. The van der Waals surface area contributed by atoms with Crippen molar-refractivity contribution < 1.29 is 22.4 Å². The number of hydrogen-bond donors (Lipinski definition) is 1. The fourth-order valence-electron chi connectivity index (χ4n) is 3.00. The Kier molecular flexibility index (Phi) is 7.22. The van der Waals surface area contributed by atoms with E-state index in [4.69, 9.17) is 4.42 Å². The van der Waals surface area contributed by atoms with Gasteiger partial charge in [-0.05, 0) is 25.0 Å². The van der Waals surface area contributed by atoms with Crippen LogP contribution in [0.5, 0.6) is 0 Å². The molecule has 1 aliphatic rings. The number of nitrogens with zero attached hydrogens (tertiary/aromatic N) is 3. The van der Waals surface area contributed by atoms with Gasteiger partial charge in [-0.1, -0.05) is 42.4 Å². The number of nitrogens with one attached hydrogen (secondary N) is 1. The van der Waals surface area contributed by atoms with Crippen molar-refractivity contribution in [3.63, 3.8) is 0 Å². The molecule has 1 saturated carbocycles. The molecule has 0 bridgehead atoms. The highest BCUT2D eigenvalue weighted by Gasteiger charge is 2.33. The van der Waals surface area contributed by atoms with E-state index in [0.717, 1.165) is 29.5 Å². The number of amides is 1. The van der Waals surface area contributed by atoms with E-state index < -0.39 is 18.6 Å². The van der Waals surface area contributed by atoms with Gasteiger partial charge >= 0.3 is 6.18 Å². The van der Waals surface area contributed by atoms with Crippen LogP contribution in [0.3, 0.4) is 0 Å². The van der Waals surface area contributed by atoms with Gasteiger partial charge in [0.2, 0.25) is 11.0 Å². The van der Waals surface area contributed by atoms with Gasteiger partial charge < -0.3 is 14.6 Å². The molecule has 0 radical (unpaired) electrons. The molecule has 0 spiro atoms. The van der Waals surface area contributed by atoms with Gasteiger partial charge in [0.25, 0.3) is 0 Å². The van der Waals surface area contributed by atoms with Crippen molar-refractivity contribution in [2.24, 2.45) is 0 Å². The van der Waals surface area contributed by atoms with Crippen LogP contribution in [0, 0.1) is 0 Å². The molecule has 0 atom stereocenters. The summed E-state index contributed by atoms with van der Waals surface area (Å²) in [5.41, 5.74) is 0. The Hall–Kier alpha value is -1.75. The van der Waals surface area contributed by atoms with E-state index in [1.807, 2.05) is 0 Å². The highest BCUT2D eigenvalue weighted by molar-refractivity contribution is 8.01. The van der Waals surface area contributed by atoms with Crippen LogP contribution < -0.4 is 5.32 Å². The van der Waals surface area contributed by atoms with Crippen molar-refractivity contribution in [3.8, 4) is 0 Å². The Bertz CT molecular complexity index is 746. The van der Waals surface area contributed by atoms with Crippen LogP contribution in [0.1, 0.15) is 37.9 Å². The second kappa shape index (κ2) is 9.64. The van der Waals surface area contributed by atoms with Gasteiger partial charge in [0.05, 0.1) is 18.6 Å². The molecule has 0 saturated heterocycles. The van der Waals surface area contributed by atoms with Crippen LogP contribution >= 0.6 is 23.1 Å². The Labute approximate surface area is 168 Å². The summed E-state index contributed by atoms with van der Waals surface area (Å²) >= 11 is 2.41. The molecule has 3 rings (SSSR count). The Morgan fingerprint density at radius 3 is 2.79 bits per heavy atom. The molecule has 1 amide bonds. The molecule has 0 aliphatic heterocycles. The zero-order chi connectivity index (χ0) is 20.0. The molecule has 28 heavy (non-hydrogen) atoms. The molecule has 1 fully saturated rings. The first-order chi connectivity index (χ1) is 13.4. The molecule has 0 unspecified atom stereocenters. The SMILES string of the molecule is O=C(CSc1nnc(NC2CCCCC2)s1)N(Cc1ccco1)CC(F)(F)F. The number of anilines is 1. The van der Waals surface area contributed by atoms with Gasteiger partial charge in [0, 0.05) is 6.04 Å². The summed E-state index contributed by atoms with van der Waals surface area (Å²) in [5, 5.41) is 12.1. The number of carbonyl (C=O) groups is 1. The number of halogens is 3. The maximum atomic E-state index is 12.8. The average Bonchev–Trinajstić information content (AvgIpc) is 3.31. The number of furan rings is 1. The van der Waals surface area contributed by atoms with Gasteiger partial charge in [0.15, 0.2) is 4.34 Å². The lowest BCUT2D eigenvalue weighted by atomic mass is 9.96. The van der Waals surface area contributed by atoms with Crippen molar-refractivity contribution in [2.45, 2.75) is 55.2 Å². The highest BCUT2D eigenvalue weighted by Crippen LogP contribution is 2.29. The molecular weight excluding hydrogens is 413 g/mol. The zero-order valence-corrected chi connectivity index (χ0v) is 16.7. The second-order valence-corrected chi connectivity index (χ2v) is 8.79. The van der Waals surface area contributed by atoms with Crippen LogP contribution in [0.2, 0.25) is 0 Å². The van der Waals surface area contributed by atoms with Gasteiger partial charge in [-0.2, -0.15) is 13.2 Å². The normalized spacial score (nSPS) is 15.5. The molecule has 0 aromatic carbocycles. The topological polar surface area (TPSA) is 71.3 Å². The quantitative estimate of drug-likeness (QED) is 0.614. The van der Waals surface area contributed by atoms with Crippen LogP contribution in [-0.4, -0.2) is 45.5 Å². The maximum absolute atomic E-state index is 12.8. The van der Waals surface area contributed by atoms with E-state index >= 15 is 0 Å². The van der Waals surface area contributed by atoms with Crippen molar-refractivity contribution in [1.29, 1.82) is 0 Å². The minimum Gasteiger partial charge on any atom is -0.467 e. The minimum atomic E-state index is -4.48. The first-order valence-electron chi connectivity index (χ1n) is 8.99. The predicted molar refractivity (Wildman–Crippen MR) is 101 cm³/mol. The van der Waals surface area contributed by atoms with E-state index in [2.05, 4.69) is 15.5 Å². The number of rotatable bonds is 8. The molecule has 2 aromatic rings. The summed E-state index contributed by atoms with van der Waals surface area (Å²) < 4.78 is 44.1. The lowest BCUT2D eigenvalue weighted by Crippen LogP contribution is -2.39. The highest BCUT2D eigenvalue weighted by atomic mass is 32.2. The van der Waals surface area contributed by atoms with E-state index in [0.29, 0.717) is 21.3 Å². The molecule has 2 heterocycles. The van der Waals surface area contributed by atoms with Crippen LogP contribution in [0.15, 0.2) is 27.2 Å². The molecular formula is C17H21F3N4O2S2. The van der Waals surface area contributed by atoms with Crippen LogP contribution in [0.25, 0.3) is 0 Å². The molecule has 11 heteroatoms. The van der Waals surface area contributed by atoms with Gasteiger partial charge in [-0.15, -0.1) is 10.2 Å². The Balaban J connectivity index is 1.53. The largest absolute Gasteiger partial charge is 0.467 e. The first kappa shape index (κ1) is 21.0. The number of thioether (sulfide) groups is 1. The van der Waals surface area contributed by atoms with Crippen LogP contribution in [0.4, 0.5) is 18.3 Å². The summed E-state index contributed by atoms with van der Waals surface area (Å²) in [4.78, 5) is 13.1. The third-order valence-corrected chi connectivity index (χ3v) is 6.28. The third kappa shape index (κ3) is 6.69. The lowest BCUT2D eigenvalue weighted by Gasteiger charge is -2.22. The summed E-state index contributed by atoms with van der Waals surface area (Å²) in [6.07, 6.45) is 2.72. The molecule has 6 nitrogen and oxygen atoms in total. The van der Waals surface area contributed by atoms with Crippen molar-refractivity contribution in [3.05, 3.63) is 24.2 Å². The monoisotopic (exact) mass is 434 g/mol. The lowest BCUT2D eigenvalue weighted by molar-refractivity contribution is -0.161. The van der Waals surface area contributed by atoms with E-state index in [-0.39, 0.29) is 12.3 Å². The summed E-state index contributed by atoms with van der Waals surface area (Å²) in [5.74, 6) is -0.470. The maximum Gasteiger partial charge on any atom is 0.406 e. The standard InChI is InChI=1S/C17H21F3N4O2S2/c18-17(19,20)11-24(9-13-7-4-8-26-13)14(25)10-27-16-23-22-15(28-16)21-12-5-2-1-3-6-12/h4,7-8,12H,1-3,5-6,9-11H2,(H,21,22). The van der Waals surface area contributed by atoms with E-state index in [9.17, 15) is 18.0 Å². The summed E-state index contributed by atoms with van der Waals surface area (Å²) in [6, 6.07) is 3.50. The average molecular weight is 435 g/mol. The number of carbonyl (C=O) groups excluding carboxylic acids is 1. The Morgan fingerprint density at radius 2 is 2.11 bits per heavy atom. The van der Waals surface area contributed by atoms with Crippen molar-refractivity contribution in [2.75, 3.05) is 17.6 Å². The number of hydrogen-bond acceptors (Lipinski definition) is 7. The van der Waals surface area contributed by atoms with Crippen molar-refractivity contribution >= 4 is 34.1 Å². The summed E-state index contributed by atoms with van der Waals surface area (Å²) in [6.45, 7) is -1.55. The Morgan fingerprint density at radius 1 is 1.32 bits per heavy atom. The summed E-state index contributed by atoms with van der Waals surface area (Å²) in [7, 11) is 0. The fourth-order valence-corrected chi connectivity index (χ4v) is 4.73. The zero-order valence-electron chi connectivity index (χ0n) is 15.1. The number of aromatic nitrogens is 2. The molecule has 2 aromatic heterocycles.